The maximum atomic E-state index is 11.4. The fourth-order valence-electron chi connectivity index (χ4n) is 1.14. The number of hydrogen-bond donors (Lipinski definition) is 1. The van der Waals surface area contributed by atoms with E-state index in [0.717, 1.165) is 5.69 Å². The van der Waals surface area contributed by atoms with E-state index in [1.165, 1.54) is 0 Å². The van der Waals surface area contributed by atoms with Crippen LogP contribution in [0.5, 0.6) is 0 Å². The molecule has 0 aliphatic rings. The van der Waals surface area contributed by atoms with Gasteiger partial charge in [0, 0.05) is 19.8 Å². The van der Waals surface area contributed by atoms with Crippen LogP contribution in [0.4, 0.5) is 5.69 Å². The van der Waals surface area contributed by atoms with E-state index in [1.54, 1.807) is 36.1 Å². The molecule has 0 fully saturated rings. The minimum absolute atomic E-state index is 0.311. The third kappa shape index (κ3) is 4.03. The summed E-state index contributed by atoms with van der Waals surface area (Å²) in [4.78, 5) is 13.2. The van der Waals surface area contributed by atoms with Crippen molar-refractivity contribution in [1.82, 2.24) is 4.90 Å². The number of carbonyl (C=O) groups is 1. The molecule has 1 aromatic carbocycles. The van der Waals surface area contributed by atoms with Crippen LogP contribution in [0.25, 0.3) is 0 Å². The van der Waals surface area contributed by atoms with Gasteiger partial charge in [0.2, 0.25) is 0 Å². The first kappa shape index (κ1) is 13.4. The second kappa shape index (κ2) is 6.20. The van der Waals surface area contributed by atoms with E-state index < -0.39 is 0 Å². The molecular weight excluding hydrogens is 236 g/mol. The van der Waals surface area contributed by atoms with Gasteiger partial charge in [-0.2, -0.15) is 0 Å². The lowest BCUT2D eigenvalue weighted by molar-refractivity contribution is 0.0526. The van der Waals surface area contributed by atoms with E-state index in [2.05, 4.69) is 5.32 Å². The van der Waals surface area contributed by atoms with Gasteiger partial charge in [-0.15, -0.1) is 0 Å². The quantitative estimate of drug-likeness (QED) is 0.659. The van der Waals surface area contributed by atoms with Crippen molar-refractivity contribution in [3.63, 3.8) is 0 Å². The zero-order valence-electron chi connectivity index (χ0n) is 10.2. The molecule has 1 N–H and O–H groups in total. The number of hydrogen-bond acceptors (Lipinski definition) is 3. The number of carbonyl (C=O) groups excluding carboxylic acids is 1. The molecule has 1 rings (SSSR count). The van der Waals surface area contributed by atoms with E-state index in [0.29, 0.717) is 17.3 Å². The molecular formula is C12H16N2O2S. The molecule has 4 nitrogen and oxygen atoms in total. The molecule has 0 heterocycles. The molecule has 17 heavy (non-hydrogen) atoms. The zero-order chi connectivity index (χ0) is 12.8. The smallest absolute Gasteiger partial charge is 0.338 e. The fraction of sp³-hybridized carbons (Fsp3) is 0.333. The lowest BCUT2D eigenvalue weighted by Gasteiger charge is -2.15. The molecule has 0 aliphatic heterocycles. The predicted molar refractivity (Wildman–Crippen MR) is 72.3 cm³/mol. The minimum atomic E-state index is -0.311. The largest absolute Gasteiger partial charge is 0.462 e. The molecule has 1 aromatic rings. The second-order valence-corrected chi connectivity index (χ2v) is 4.01. The Kier molecular flexibility index (Phi) is 4.90. The molecule has 0 saturated carbocycles. The molecule has 0 aromatic heterocycles. The van der Waals surface area contributed by atoms with Crippen molar-refractivity contribution < 1.29 is 9.53 Å². The molecule has 92 valence electrons. The van der Waals surface area contributed by atoms with Crippen LogP contribution in [0.2, 0.25) is 0 Å². The highest BCUT2D eigenvalue weighted by molar-refractivity contribution is 7.80. The van der Waals surface area contributed by atoms with Gasteiger partial charge in [-0.3, -0.25) is 0 Å². The van der Waals surface area contributed by atoms with E-state index in [1.807, 2.05) is 14.1 Å². The average molecular weight is 252 g/mol. The number of benzene rings is 1. The summed E-state index contributed by atoms with van der Waals surface area (Å²) in [5.41, 5.74) is 1.38. The molecule has 0 radical (unpaired) electrons. The Morgan fingerprint density at radius 1 is 1.35 bits per heavy atom. The fourth-order valence-corrected chi connectivity index (χ4v) is 1.26. The van der Waals surface area contributed by atoms with Crippen molar-refractivity contribution in [2.24, 2.45) is 0 Å². The van der Waals surface area contributed by atoms with Crippen molar-refractivity contribution in [2.75, 3.05) is 26.0 Å². The SMILES string of the molecule is CCOC(=O)c1ccc(NC(=S)N(C)C)cc1. The van der Waals surface area contributed by atoms with E-state index >= 15 is 0 Å². The third-order valence-corrected chi connectivity index (χ3v) is 2.52. The first-order valence-corrected chi connectivity index (χ1v) is 5.71. The summed E-state index contributed by atoms with van der Waals surface area (Å²) in [6, 6.07) is 7.00. The van der Waals surface area contributed by atoms with Gasteiger partial charge in [-0.05, 0) is 43.4 Å². The van der Waals surface area contributed by atoms with E-state index in [-0.39, 0.29) is 5.97 Å². The minimum Gasteiger partial charge on any atom is -0.462 e. The Balaban J connectivity index is 2.68. The topological polar surface area (TPSA) is 41.6 Å². The van der Waals surface area contributed by atoms with Gasteiger partial charge >= 0.3 is 5.97 Å². The Hall–Kier alpha value is -1.62. The molecule has 0 aliphatic carbocycles. The van der Waals surface area contributed by atoms with Crippen LogP contribution in [0.15, 0.2) is 24.3 Å². The maximum absolute atomic E-state index is 11.4. The highest BCUT2D eigenvalue weighted by Gasteiger charge is 2.06. The number of rotatable bonds is 3. The second-order valence-electron chi connectivity index (χ2n) is 3.62. The summed E-state index contributed by atoms with van der Waals surface area (Å²) >= 11 is 5.11. The molecule has 0 spiro atoms. The number of thiocarbonyl (C=S) groups is 1. The molecule has 5 heteroatoms. The van der Waals surface area contributed by atoms with Crippen LogP contribution in [-0.4, -0.2) is 36.7 Å². The van der Waals surface area contributed by atoms with Gasteiger partial charge in [0.1, 0.15) is 0 Å². The summed E-state index contributed by atoms with van der Waals surface area (Å²) in [7, 11) is 3.73. The highest BCUT2D eigenvalue weighted by Crippen LogP contribution is 2.11. The van der Waals surface area contributed by atoms with Crippen LogP contribution in [0.3, 0.4) is 0 Å². The molecule has 0 amide bonds. The number of nitrogens with one attached hydrogen (secondary N) is 1. The van der Waals surface area contributed by atoms with Crippen LogP contribution >= 0.6 is 12.2 Å². The van der Waals surface area contributed by atoms with Crippen LogP contribution in [-0.2, 0) is 4.74 Å². The molecule has 0 unspecified atom stereocenters. The summed E-state index contributed by atoms with van der Waals surface area (Å²) in [6.07, 6.45) is 0. The highest BCUT2D eigenvalue weighted by atomic mass is 32.1. The summed E-state index contributed by atoms with van der Waals surface area (Å²) in [5.74, 6) is -0.311. The first-order valence-electron chi connectivity index (χ1n) is 5.30. The van der Waals surface area contributed by atoms with Gasteiger partial charge in [-0.1, -0.05) is 0 Å². The first-order chi connectivity index (χ1) is 8.04. The normalized spacial score (nSPS) is 9.59. The number of nitrogens with zero attached hydrogens (tertiary/aromatic N) is 1. The summed E-state index contributed by atoms with van der Waals surface area (Å²) < 4.78 is 4.89. The molecule has 0 bridgehead atoms. The van der Waals surface area contributed by atoms with Crippen molar-refractivity contribution in [3.8, 4) is 0 Å². The van der Waals surface area contributed by atoms with E-state index in [4.69, 9.17) is 17.0 Å². The van der Waals surface area contributed by atoms with Gasteiger partial charge in [0.15, 0.2) is 5.11 Å². The van der Waals surface area contributed by atoms with Crippen molar-refractivity contribution in [2.45, 2.75) is 6.92 Å². The predicted octanol–water partition coefficient (Wildman–Crippen LogP) is 2.12. The van der Waals surface area contributed by atoms with Crippen LogP contribution < -0.4 is 5.32 Å². The Morgan fingerprint density at radius 3 is 2.41 bits per heavy atom. The van der Waals surface area contributed by atoms with Gasteiger partial charge in [-0.25, -0.2) is 4.79 Å². The molecule has 0 saturated heterocycles. The molecule has 0 atom stereocenters. The lowest BCUT2D eigenvalue weighted by atomic mass is 10.2. The Bertz CT molecular complexity index is 401. The third-order valence-electron chi connectivity index (χ3n) is 2.05. The summed E-state index contributed by atoms with van der Waals surface area (Å²) in [5, 5.41) is 3.66. The van der Waals surface area contributed by atoms with Crippen LogP contribution in [0, 0.1) is 0 Å². The Labute approximate surface area is 107 Å². The van der Waals surface area contributed by atoms with Crippen LogP contribution in [0.1, 0.15) is 17.3 Å². The maximum Gasteiger partial charge on any atom is 0.338 e. The summed E-state index contributed by atoms with van der Waals surface area (Å²) in [6.45, 7) is 2.16. The van der Waals surface area contributed by atoms with Crippen molar-refractivity contribution in [1.29, 1.82) is 0 Å². The van der Waals surface area contributed by atoms with Gasteiger partial charge < -0.3 is 15.0 Å². The monoisotopic (exact) mass is 252 g/mol. The van der Waals surface area contributed by atoms with Gasteiger partial charge in [0.25, 0.3) is 0 Å². The van der Waals surface area contributed by atoms with E-state index in [9.17, 15) is 4.79 Å². The number of esters is 1. The standard InChI is InChI=1S/C12H16N2O2S/c1-4-16-11(15)9-5-7-10(8-6-9)13-12(17)14(2)3/h5-8H,4H2,1-3H3,(H,13,17). The van der Waals surface area contributed by atoms with Gasteiger partial charge in [0.05, 0.1) is 12.2 Å². The Morgan fingerprint density at radius 2 is 1.94 bits per heavy atom. The van der Waals surface area contributed by atoms with Crippen molar-refractivity contribution in [3.05, 3.63) is 29.8 Å². The zero-order valence-corrected chi connectivity index (χ0v) is 11.0. The number of ether oxygens (including phenoxy) is 1. The lowest BCUT2D eigenvalue weighted by Crippen LogP contribution is -2.26. The van der Waals surface area contributed by atoms with Crippen molar-refractivity contribution >= 4 is 29.0 Å². The average Bonchev–Trinajstić information content (AvgIpc) is 2.30. The number of anilines is 1.